The summed E-state index contributed by atoms with van der Waals surface area (Å²) in [5.74, 6) is 1.36. The Kier molecular flexibility index (Phi) is 2.90. The zero-order chi connectivity index (χ0) is 15.8. The summed E-state index contributed by atoms with van der Waals surface area (Å²) in [4.78, 5) is 17.6. The van der Waals surface area contributed by atoms with Crippen LogP contribution in [0.3, 0.4) is 0 Å². The summed E-state index contributed by atoms with van der Waals surface area (Å²) < 4.78 is 0. The van der Waals surface area contributed by atoms with Crippen molar-refractivity contribution < 1.29 is 0 Å². The van der Waals surface area contributed by atoms with Crippen LogP contribution >= 0.6 is 0 Å². The van der Waals surface area contributed by atoms with E-state index in [1.165, 1.54) is 0 Å². The number of fused-ring (bicyclic) bond motifs is 2. The van der Waals surface area contributed by atoms with E-state index in [2.05, 4.69) is 25.3 Å². The number of nitrogens with two attached hydrogens (primary N) is 2. The fourth-order valence-electron chi connectivity index (χ4n) is 2.32. The second kappa shape index (κ2) is 5.06. The van der Waals surface area contributed by atoms with E-state index >= 15 is 0 Å². The fraction of sp³-hybridized carbons (Fsp3) is 0. The minimum absolute atomic E-state index is 0.276. The predicted molar refractivity (Wildman–Crippen MR) is 91.2 cm³/mol. The molecule has 0 unspecified atom stereocenters. The van der Waals surface area contributed by atoms with Crippen LogP contribution in [0.1, 0.15) is 0 Å². The zero-order valence-corrected chi connectivity index (χ0v) is 12.1. The molecule has 112 valence electrons. The summed E-state index contributed by atoms with van der Waals surface area (Å²) in [6.07, 6.45) is 0. The highest BCUT2D eigenvalue weighted by Gasteiger charge is 2.10. The van der Waals surface area contributed by atoms with Gasteiger partial charge in [0.15, 0.2) is 23.3 Å². The molecule has 7 heteroatoms. The molecule has 0 bridgehead atoms. The number of nitrogen functional groups attached to an aromatic ring is 2. The molecule has 0 spiro atoms. The van der Waals surface area contributed by atoms with E-state index in [9.17, 15) is 0 Å². The van der Waals surface area contributed by atoms with E-state index in [1.807, 2.05) is 48.5 Å². The van der Waals surface area contributed by atoms with Crippen molar-refractivity contribution in [2.24, 2.45) is 0 Å². The molecule has 4 rings (SSSR count). The van der Waals surface area contributed by atoms with Gasteiger partial charge in [0.2, 0.25) is 0 Å². The van der Waals surface area contributed by atoms with Crippen molar-refractivity contribution in [1.82, 2.24) is 19.9 Å². The number of nitrogens with zero attached hydrogens (tertiary/aromatic N) is 4. The quantitative estimate of drug-likeness (QED) is 0.521. The Hall–Kier alpha value is -3.48. The summed E-state index contributed by atoms with van der Waals surface area (Å²) in [6.45, 7) is 0. The monoisotopic (exact) mass is 303 g/mol. The van der Waals surface area contributed by atoms with Crippen molar-refractivity contribution in [2.45, 2.75) is 0 Å². The summed E-state index contributed by atoms with van der Waals surface area (Å²) >= 11 is 0. The van der Waals surface area contributed by atoms with Crippen molar-refractivity contribution in [3.8, 4) is 0 Å². The Labute approximate surface area is 131 Å². The van der Waals surface area contributed by atoms with E-state index < -0.39 is 0 Å². The number of anilines is 4. The Bertz CT molecular complexity index is 946. The van der Waals surface area contributed by atoms with Gasteiger partial charge in [-0.3, -0.25) is 0 Å². The number of para-hydroxylation sites is 4. The summed E-state index contributed by atoms with van der Waals surface area (Å²) in [5.41, 5.74) is 14.9. The second-order valence-corrected chi connectivity index (χ2v) is 5.02. The summed E-state index contributed by atoms with van der Waals surface area (Å²) in [7, 11) is 0. The standard InChI is InChI=1S/C16H13N7/c17-13-15(21-11-7-3-1-5-9(11)19-13)23-16-14(18)20-10-6-2-4-8-12(10)22-16/h1-8H,(H2,17,19)(H2,18,20)(H,21,22,23). The van der Waals surface area contributed by atoms with Gasteiger partial charge in [-0.1, -0.05) is 24.3 Å². The molecule has 23 heavy (non-hydrogen) atoms. The number of benzene rings is 2. The topological polar surface area (TPSA) is 116 Å². The third-order valence-electron chi connectivity index (χ3n) is 3.43. The van der Waals surface area contributed by atoms with Crippen molar-refractivity contribution in [2.75, 3.05) is 16.8 Å². The van der Waals surface area contributed by atoms with Crippen LogP contribution in [0.15, 0.2) is 48.5 Å². The smallest absolute Gasteiger partial charge is 0.175 e. The van der Waals surface area contributed by atoms with Gasteiger partial charge in [0.25, 0.3) is 0 Å². The molecule has 2 heterocycles. The largest absolute Gasteiger partial charge is 0.381 e. The SMILES string of the molecule is Nc1nc2ccccc2nc1Nc1nc2ccccc2nc1N. The molecule has 0 saturated heterocycles. The van der Waals surface area contributed by atoms with E-state index in [1.54, 1.807) is 0 Å². The first-order chi connectivity index (χ1) is 11.2. The van der Waals surface area contributed by atoms with Crippen LogP contribution < -0.4 is 16.8 Å². The molecule has 2 aromatic carbocycles. The molecule has 0 aliphatic rings. The highest BCUT2D eigenvalue weighted by atomic mass is 15.1. The highest BCUT2D eigenvalue weighted by molar-refractivity contribution is 5.84. The third kappa shape index (κ3) is 2.34. The lowest BCUT2D eigenvalue weighted by atomic mass is 10.3. The first-order valence-corrected chi connectivity index (χ1v) is 7.02. The van der Waals surface area contributed by atoms with Gasteiger partial charge < -0.3 is 16.8 Å². The minimum atomic E-state index is 0.276. The van der Waals surface area contributed by atoms with Gasteiger partial charge in [-0.2, -0.15) is 0 Å². The molecule has 0 amide bonds. The van der Waals surface area contributed by atoms with Gasteiger partial charge >= 0.3 is 0 Å². The van der Waals surface area contributed by atoms with Gasteiger partial charge in [0.05, 0.1) is 22.1 Å². The molecule has 7 nitrogen and oxygen atoms in total. The van der Waals surface area contributed by atoms with Crippen LogP contribution in [0.2, 0.25) is 0 Å². The van der Waals surface area contributed by atoms with Crippen LogP contribution in [0.4, 0.5) is 23.3 Å². The first kappa shape index (κ1) is 13.2. The average Bonchev–Trinajstić information content (AvgIpc) is 2.56. The normalized spacial score (nSPS) is 11.0. The first-order valence-electron chi connectivity index (χ1n) is 7.02. The maximum atomic E-state index is 5.97. The molecule has 5 N–H and O–H groups in total. The van der Waals surface area contributed by atoms with E-state index in [4.69, 9.17) is 11.5 Å². The highest BCUT2D eigenvalue weighted by Crippen LogP contribution is 2.25. The Morgan fingerprint density at radius 1 is 0.565 bits per heavy atom. The van der Waals surface area contributed by atoms with Crippen molar-refractivity contribution in [3.05, 3.63) is 48.5 Å². The summed E-state index contributed by atoms with van der Waals surface area (Å²) in [5, 5.41) is 3.03. The molecule has 0 saturated carbocycles. The molecule has 0 aliphatic carbocycles. The van der Waals surface area contributed by atoms with Crippen LogP contribution in [-0.4, -0.2) is 19.9 Å². The number of hydrogen-bond acceptors (Lipinski definition) is 7. The maximum Gasteiger partial charge on any atom is 0.175 e. The van der Waals surface area contributed by atoms with E-state index in [-0.39, 0.29) is 11.6 Å². The zero-order valence-electron chi connectivity index (χ0n) is 12.1. The van der Waals surface area contributed by atoms with Crippen LogP contribution in [-0.2, 0) is 0 Å². The number of aromatic nitrogens is 4. The molecule has 2 aromatic heterocycles. The maximum absolute atomic E-state index is 5.97. The van der Waals surface area contributed by atoms with Gasteiger partial charge in [-0.25, -0.2) is 19.9 Å². The average molecular weight is 303 g/mol. The molecule has 0 aliphatic heterocycles. The van der Waals surface area contributed by atoms with Crippen molar-refractivity contribution >= 4 is 45.3 Å². The van der Waals surface area contributed by atoms with E-state index in [0.29, 0.717) is 11.6 Å². The summed E-state index contributed by atoms with van der Waals surface area (Å²) in [6, 6.07) is 15.0. The lowest BCUT2D eigenvalue weighted by Gasteiger charge is -2.10. The molecular formula is C16H13N7. The van der Waals surface area contributed by atoms with Gasteiger partial charge in [0.1, 0.15) is 0 Å². The Balaban J connectivity index is 1.81. The molecule has 0 atom stereocenters. The lowest BCUT2D eigenvalue weighted by molar-refractivity contribution is 1.24. The number of hydrogen-bond donors (Lipinski definition) is 3. The second-order valence-electron chi connectivity index (χ2n) is 5.02. The van der Waals surface area contributed by atoms with Crippen molar-refractivity contribution in [1.29, 1.82) is 0 Å². The molecule has 0 fully saturated rings. The Morgan fingerprint density at radius 2 is 0.913 bits per heavy atom. The van der Waals surface area contributed by atoms with Gasteiger partial charge in [-0.15, -0.1) is 0 Å². The number of nitrogens with one attached hydrogen (secondary N) is 1. The van der Waals surface area contributed by atoms with Crippen LogP contribution in [0.25, 0.3) is 22.1 Å². The van der Waals surface area contributed by atoms with Crippen LogP contribution in [0.5, 0.6) is 0 Å². The van der Waals surface area contributed by atoms with Gasteiger partial charge in [-0.05, 0) is 24.3 Å². The van der Waals surface area contributed by atoms with Crippen molar-refractivity contribution in [3.63, 3.8) is 0 Å². The van der Waals surface area contributed by atoms with Crippen LogP contribution in [0, 0.1) is 0 Å². The molecule has 0 radical (unpaired) electrons. The third-order valence-corrected chi connectivity index (χ3v) is 3.43. The number of rotatable bonds is 2. The molecule has 4 aromatic rings. The Morgan fingerprint density at radius 3 is 1.30 bits per heavy atom. The fourth-order valence-corrected chi connectivity index (χ4v) is 2.32. The molecular weight excluding hydrogens is 290 g/mol. The minimum Gasteiger partial charge on any atom is -0.381 e. The lowest BCUT2D eigenvalue weighted by Crippen LogP contribution is -2.07. The predicted octanol–water partition coefficient (Wildman–Crippen LogP) is 2.48. The van der Waals surface area contributed by atoms with Gasteiger partial charge in [0, 0.05) is 0 Å². The van der Waals surface area contributed by atoms with E-state index in [0.717, 1.165) is 22.1 Å².